The van der Waals surface area contributed by atoms with Crippen LogP contribution in [0.4, 0.5) is 0 Å². The lowest BCUT2D eigenvalue weighted by molar-refractivity contribution is 0.0620. The maximum Gasteiger partial charge on any atom is 0.0829 e. The summed E-state index contributed by atoms with van der Waals surface area (Å²) in [6, 6.07) is 2.06. The fourth-order valence-corrected chi connectivity index (χ4v) is 3.51. The van der Waals surface area contributed by atoms with Gasteiger partial charge in [-0.2, -0.15) is 0 Å². The SMILES string of the molecule is Cc1sc(Br)cc1C(O)C1CCC1. The summed E-state index contributed by atoms with van der Waals surface area (Å²) >= 11 is 5.15. The van der Waals surface area contributed by atoms with Gasteiger partial charge in [-0.25, -0.2) is 0 Å². The van der Waals surface area contributed by atoms with Gasteiger partial charge in [0.05, 0.1) is 9.89 Å². The Hall–Kier alpha value is 0.140. The standard InChI is InChI=1S/C10H13BrOS/c1-6-8(5-9(11)13-6)10(12)7-3-2-4-7/h5,7,10,12H,2-4H2,1H3. The molecule has 0 aromatic carbocycles. The van der Waals surface area contributed by atoms with Gasteiger partial charge in [-0.1, -0.05) is 6.42 Å². The van der Waals surface area contributed by atoms with Crippen LogP contribution >= 0.6 is 27.3 Å². The Balaban J connectivity index is 2.18. The van der Waals surface area contributed by atoms with Crippen molar-refractivity contribution in [2.45, 2.75) is 32.3 Å². The number of aryl methyl sites for hydroxylation is 1. The van der Waals surface area contributed by atoms with E-state index in [2.05, 4.69) is 28.9 Å². The molecule has 0 spiro atoms. The average Bonchev–Trinajstić information content (AvgIpc) is 2.26. The average molecular weight is 261 g/mol. The highest BCUT2D eigenvalue weighted by atomic mass is 79.9. The predicted octanol–water partition coefficient (Wildman–Crippen LogP) is 3.65. The van der Waals surface area contributed by atoms with Gasteiger partial charge in [0.25, 0.3) is 0 Å². The van der Waals surface area contributed by atoms with Crippen LogP contribution < -0.4 is 0 Å². The second kappa shape index (κ2) is 3.71. The number of halogens is 1. The van der Waals surface area contributed by atoms with Gasteiger partial charge in [0.1, 0.15) is 0 Å². The molecular formula is C10H13BrOS. The molecule has 1 aromatic heterocycles. The second-order valence-electron chi connectivity index (χ2n) is 3.70. The third-order valence-electron chi connectivity index (χ3n) is 2.84. The van der Waals surface area contributed by atoms with E-state index in [1.165, 1.54) is 24.1 Å². The summed E-state index contributed by atoms with van der Waals surface area (Å²) in [5, 5.41) is 10.0. The quantitative estimate of drug-likeness (QED) is 0.861. The highest BCUT2D eigenvalue weighted by Gasteiger charge is 2.28. The Bertz CT molecular complexity index is 304. The molecule has 1 aliphatic rings. The molecule has 1 N–H and O–H groups in total. The molecule has 13 heavy (non-hydrogen) atoms. The molecule has 1 fully saturated rings. The van der Waals surface area contributed by atoms with Crippen molar-refractivity contribution in [2.75, 3.05) is 0 Å². The monoisotopic (exact) mass is 260 g/mol. The molecule has 1 aliphatic carbocycles. The highest BCUT2D eigenvalue weighted by Crippen LogP contribution is 2.41. The van der Waals surface area contributed by atoms with Crippen LogP contribution in [-0.2, 0) is 0 Å². The number of aliphatic hydroxyl groups excluding tert-OH is 1. The maximum absolute atomic E-state index is 10.0. The van der Waals surface area contributed by atoms with E-state index in [0.717, 1.165) is 9.35 Å². The molecular weight excluding hydrogens is 248 g/mol. The van der Waals surface area contributed by atoms with Gasteiger partial charge < -0.3 is 5.11 Å². The summed E-state index contributed by atoms with van der Waals surface area (Å²) in [5.41, 5.74) is 1.13. The van der Waals surface area contributed by atoms with Crippen molar-refractivity contribution < 1.29 is 5.11 Å². The van der Waals surface area contributed by atoms with Gasteiger partial charge in [0, 0.05) is 4.88 Å². The number of hydrogen-bond acceptors (Lipinski definition) is 2. The molecule has 1 atom stereocenters. The minimum absolute atomic E-state index is 0.226. The lowest BCUT2D eigenvalue weighted by Gasteiger charge is -2.30. The molecule has 1 nitrogen and oxygen atoms in total. The van der Waals surface area contributed by atoms with Gasteiger partial charge >= 0.3 is 0 Å². The maximum atomic E-state index is 10.0. The van der Waals surface area contributed by atoms with Crippen molar-refractivity contribution in [1.82, 2.24) is 0 Å². The minimum atomic E-state index is -0.226. The first kappa shape index (κ1) is 9.69. The van der Waals surface area contributed by atoms with Crippen LogP contribution in [0.2, 0.25) is 0 Å². The van der Waals surface area contributed by atoms with E-state index in [0.29, 0.717) is 5.92 Å². The van der Waals surface area contributed by atoms with Crippen LogP contribution in [-0.4, -0.2) is 5.11 Å². The summed E-state index contributed by atoms with van der Waals surface area (Å²) in [6.07, 6.45) is 3.44. The Morgan fingerprint density at radius 1 is 1.62 bits per heavy atom. The first-order valence-corrected chi connectivity index (χ1v) is 6.23. The van der Waals surface area contributed by atoms with Crippen molar-refractivity contribution in [1.29, 1.82) is 0 Å². The Morgan fingerprint density at radius 3 is 2.69 bits per heavy atom. The third-order valence-corrected chi connectivity index (χ3v) is 4.41. The molecule has 72 valence electrons. The summed E-state index contributed by atoms with van der Waals surface area (Å²) in [5.74, 6) is 0.514. The lowest BCUT2D eigenvalue weighted by Crippen LogP contribution is -2.19. The number of hydrogen-bond donors (Lipinski definition) is 1. The van der Waals surface area contributed by atoms with Crippen molar-refractivity contribution >= 4 is 27.3 Å². The lowest BCUT2D eigenvalue weighted by atomic mass is 9.79. The zero-order valence-corrected chi connectivity index (χ0v) is 9.99. The highest BCUT2D eigenvalue weighted by molar-refractivity contribution is 9.11. The van der Waals surface area contributed by atoms with Crippen LogP contribution in [0.15, 0.2) is 9.85 Å². The molecule has 1 saturated carbocycles. The topological polar surface area (TPSA) is 20.2 Å². The van der Waals surface area contributed by atoms with E-state index in [4.69, 9.17) is 0 Å². The molecule has 0 bridgehead atoms. The fourth-order valence-electron chi connectivity index (χ4n) is 1.76. The van der Waals surface area contributed by atoms with E-state index in [9.17, 15) is 5.11 Å². The Morgan fingerprint density at radius 2 is 2.31 bits per heavy atom. The van der Waals surface area contributed by atoms with Crippen molar-refractivity contribution in [2.24, 2.45) is 5.92 Å². The summed E-state index contributed by atoms with van der Waals surface area (Å²) in [7, 11) is 0. The molecule has 3 heteroatoms. The van der Waals surface area contributed by atoms with E-state index in [1.807, 2.05) is 0 Å². The molecule has 1 unspecified atom stereocenters. The predicted molar refractivity (Wildman–Crippen MR) is 59.1 cm³/mol. The molecule has 1 heterocycles. The minimum Gasteiger partial charge on any atom is -0.388 e. The number of rotatable bonds is 2. The van der Waals surface area contributed by atoms with Crippen molar-refractivity contribution in [3.05, 3.63) is 20.3 Å². The first-order valence-electron chi connectivity index (χ1n) is 4.62. The van der Waals surface area contributed by atoms with E-state index < -0.39 is 0 Å². The Labute approximate surface area is 90.9 Å². The van der Waals surface area contributed by atoms with Crippen LogP contribution in [0.3, 0.4) is 0 Å². The van der Waals surface area contributed by atoms with E-state index in [1.54, 1.807) is 11.3 Å². The molecule has 0 amide bonds. The van der Waals surface area contributed by atoms with Crippen LogP contribution in [0.5, 0.6) is 0 Å². The van der Waals surface area contributed by atoms with Gasteiger partial charge in [-0.3, -0.25) is 0 Å². The first-order chi connectivity index (χ1) is 6.18. The third kappa shape index (κ3) is 1.83. The van der Waals surface area contributed by atoms with E-state index >= 15 is 0 Å². The fraction of sp³-hybridized carbons (Fsp3) is 0.600. The molecule has 2 rings (SSSR count). The Kier molecular flexibility index (Phi) is 2.77. The second-order valence-corrected chi connectivity index (χ2v) is 6.33. The van der Waals surface area contributed by atoms with Gasteiger partial charge in [-0.15, -0.1) is 11.3 Å². The smallest absolute Gasteiger partial charge is 0.0829 e. The van der Waals surface area contributed by atoms with Gasteiger partial charge in [0.2, 0.25) is 0 Å². The van der Waals surface area contributed by atoms with E-state index in [-0.39, 0.29) is 6.10 Å². The van der Waals surface area contributed by atoms with Gasteiger partial charge in [-0.05, 0) is 53.2 Å². The van der Waals surface area contributed by atoms with Gasteiger partial charge in [0.15, 0.2) is 0 Å². The number of aliphatic hydroxyl groups is 1. The number of thiophene rings is 1. The zero-order chi connectivity index (χ0) is 9.42. The largest absolute Gasteiger partial charge is 0.388 e. The summed E-state index contributed by atoms with van der Waals surface area (Å²) in [6.45, 7) is 2.08. The zero-order valence-electron chi connectivity index (χ0n) is 7.59. The summed E-state index contributed by atoms with van der Waals surface area (Å²) < 4.78 is 1.12. The van der Waals surface area contributed by atoms with Crippen LogP contribution in [0, 0.1) is 12.8 Å². The van der Waals surface area contributed by atoms with Crippen LogP contribution in [0.25, 0.3) is 0 Å². The molecule has 0 saturated heterocycles. The molecule has 0 aliphatic heterocycles. The normalized spacial score (nSPS) is 19.9. The molecule has 0 radical (unpaired) electrons. The van der Waals surface area contributed by atoms with Crippen molar-refractivity contribution in [3.63, 3.8) is 0 Å². The molecule has 1 aromatic rings. The van der Waals surface area contributed by atoms with Crippen molar-refractivity contribution in [3.8, 4) is 0 Å². The van der Waals surface area contributed by atoms with Crippen LogP contribution in [0.1, 0.15) is 35.8 Å². The summed E-state index contributed by atoms with van der Waals surface area (Å²) in [4.78, 5) is 1.24.